The number of halogens is 1. The van der Waals surface area contributed by atoms with Gasteiger partial charge in [-0.3, -0.25) is 4.79 Å². The Hall–Kier alpha value is -1.86. The van der Waals surface area contributed by atoms with Crippen LogP contribution in [-0.4, -0.2) is 19.0 Å². The van der Waals surface area contributed by atoms with Gasteiger partial charge in [0.15, 0.2) is 0 Å². The van der Waals surface area contributed by atoms with Crippen LogP contribution in [0.4, 0.5) is 10.1 Å². The van der Waals surface area contributed by atoms with E-state index in [0.717, 1.165) is 6.42 Å². The molecular weight excluding hydrogens is 219 g/mol. The Bertz CT molecular complexity index is 502. The fourth-order valence-electron chi connectivity index (χ4n) is 1.84. The van der Waals surface area contributed by atoms with Crippen molar-refractivity contribution in [2.45, 2.75) is 12.8 Å². The lowest BCUT2D eigenvalue weighted by atomic mass is 10.2. The number of hydrogen-bond donors (Lipinski definition) is 1. The molecule has 0 unspecified atom stereocenters. The number of carbonyl (C=O) groups is 1. The Labute approximate surface area is 99.4 Å². The maximum Gasteiger partial charge on any atom is 0.227 e. The highest BCUT2D eigenvalue weighted by atomic mass is 19.1. The van der Waals surface area contributed by atoms with E-state index in [4.69, 9.17) is 5.73 Å². The van der Waals surface area contributed by atoms with E-state index in [1.54, 1.807) is 17.0 Å². The standard InChI is InChI=1S/C13H13FN2O/c14-12-9-11(16-8-2-4-13(16)17)6-5-10(12)3-1-7-15/h5-6,9H,2,4,7-8,15H2. The monoisotopic (exact) mass is 232 g/mol. The Kier molecular flexibility index (Phi) is 3.40. The van der Waals surface area contributed by atoms with E-state index in [-0.39, 0.29) is 12.5 Å². The fraction of sp³-hybridized carbons (Fsp3) is 0.308. The van der Waals surface area contributed by atoms with E-state index >= 15 is 0 Å². The Morgan fingerprint density at radius 1 is 1.47 bits per heavy atom. The number of amides is 1. The van der Waals surface area contributed by atoms with Crippen LogP contribution in [0.15, 0.2) is 18.2 Å². The van der Waals surface area contributed by atoms with Gasteiger partial charge < -0.3 is 10.6 Å². The van der Waals surface area contributed by atoms with Crippen LogP contribution in [0.2, 0.25) is 0 Å². The molecule has 0 bridgehead atoms. The minimum absolute atomic E-state index is 0.0465. The Morgan fingerprint density at radius 3 is 2.88 bits per heavy atom. The second-order valence-electron chi connectivity index (χ2n) is 3.82. The molecule has 0 aromatic heterocycles. The molecule has 1 heterocycles. The van der Waals surface area contributed by atoms with Crippen molar-refractivity contribution in [3.05, 3.63) is 29.6 Å². The summed E-state index contributed by atoms with van der Waals surface area (Å²) >= 11 is 0. The molecule has 4 heteroatoms. The number of anilines is 1. The number of hydrogen-bond acceptors (Lipinski definition) is 2. The molecule has 1 fully saturated rings. The minimum atomic E-state index is -0.414. The van der Waals surface area contributed by atoms with Gasteiger partial charge in [0.1, 0.15) is 5.82 Å². The average molecular weight is 232 g/mol. The Morgan fingerprint density at radius 2 is 2.29 bits per heavy atom. The lowest BCUT2D eigenvalue weighted by molar-refractivity contribution is -0.117. The minimum Gasteiger partial charge on any atom is -0.320 e. The zero-order chi connectivity index (χ0) is 12.3. The first-order valence-corrected chi connectivity index (χ1v) is 5.51. The third-order valence-corrected chi connectivity index (χ3v) is 2.66. The Balaban J connectivity index is 2.27. The maximum absolute atomic E-state index is 13.7. The van der Waals surface area contributed by atoms with Crippen LogP contribution in [0.3, 0.4) is 0 Å². The van der Waals surface area contributed by atoms with Crippen molar-refractivity contribution in [2.24, 2.45) is 5.73 Å². The molecule has 88 valence electrons. The van der Waals surface area contributed by atoms with Gasteiger partial charge in [-0.2, -0.15) is 0 Å². The number of nitrogens with two attached hydrogens (primary N) is 1. The summed E-state index contributed by atoms with van der Waals surface area (Å²) in [5.74, 6) is 4.88. The van der Waals surface area contributed by atoms with E-state index in [1.165, 1.54) is 6.07 Å². The summed E-state index contributed by atoms with van der Waals surface area (Å²) in [6, 6.07) is 4.65. The molecule has 0 aliphatic carbocycles. The molecule has 0 saturated carbocycles. The number of carbonyl (C=O) groups excluding carboxylic acids is 1. The quantitative estimate of drug-likeness (QED) is 0.741. The van der Waals surface area contributed by atoms with Crippen molar-refractivity contribution in [1.29, 1.82) is 0 Å². The largest absolute Gasteiger partial charge is 0.320 e. The van der Waals surface area contributed by atoms with Crippen molar-refractivity contribution in [1.82, 2.24) is 0 Å². The molecule has 1 aromatic carbocycles. The first-order valence-electron chi connectivity index (χ1n) is 5.51. The molecule has 0 spiro atoms. The predicted octanol–water partition coefficient (Wildman–Crippen LogP) is 1.26. The van der Waals surface area contributed by atoms with Gasteiger partial charge in [-0.1, -0.05) is 11.8 Å². The highest BCUT2D eigenvalue weighted by Crippen LogP contribution is 2.23. The third-order valence-electron chi connectivity index (χ3n) is 2.66. The molecule has 1 aliphatic heterocycles. The van der Waals surface area contributed by atoms with Gasteiger partial charge in [-0.05, 0) is 24.6 Å². The summed E-state index contributed by atoms with van der Waals surface area (Å²) < 4.78 is 13.7. The molecule has 1 aliphatic rings. The fourth-order valence-corrected chi connectivity index (χ4v) is 1.84. The summed E-state index contributed by atoms with van der Waals surface area (Å²) in [5, 5.41) is 0. The zero-order valence-corrected chi connectivity index (χ0v) is 9.37. The second kappa shape index (κ2) is 4.98. The first kappa shape index (κ1) is 11.6. The normalized spacial score (nSPS) is 14.7. The number of rotatable bonds is 1. The van der Waals surface area contributed by atoms with Crippen LogP contribution in [-0.2, 0) is 4.79 Å². The van der Waals surface area contributed by atoms with Crippen molar-refractivity contribution in [3.63, 3.8) is 0 Å². The van der Waals surface area contributed by atoms with Gasteiger partial charge in [-0.25, -0.2) is 4.39 Å². The van der Waals surface area contributed by atoms with E-state index in [1.807, 2.05) is 0 Å². The van der Waals surface area contributed by atoms with Crippen LogP contribution < -0.4 is 10.6 Å². The molecule has 0 radical (unpaired) electrons. The van der Waals surface area contributed by atoms with Gasteiger partial charge >= 0.3 is 0 Å². The molecule has 17 heavy (non-hydrogen) atoms. The van der Waals surface area contributed by atoms with Crippen molar-refractivity contribution < 1.29 is 9.18 Å². The van der Waals surface area contributed by atoms with E-state index in [2.05, 4.69) is 11.8 Å². The number of benzene rings is 1. The van der Waals surface area contributed by atoms with E-state index in [0.29, 0.717) is 24.2 Å². The van der Waals surface area contributed by atoms with E-state index < -0.39 is 5.82 Å². The van der Waals surface area contributed by atoms with Gasteiger partial charge in [-0.15, -0.1) is 0 Å². The SMILES string of the molecule is NCC#Cc1ccc(N2CCCC2=O)cc1F. The van der Waals surface area contributed by atoms with Crippen LogP contribution in [0.1, 0.15) is 18.4 Å². The average Bonchev–Trinajstić information content (AvgIpc) is 2.74. The smallest absolute Gasteiger partial charge is 0.227 e. The highest BCUT2D eigenvalue weighted by molar-refractivity contribution is 5.95. The summed E-state index contributed by atoms with van der Waals surface area (Å²) in [6.45, 7) is 0.859. The van der Waals surface area contributed by atoms with Crippen LogP contribution in [0, 0.1) is 17.7 Å². The van der Waals surface area contributed by atoms with Crippen molar-refractivity contribution >= 4 is 11.6 Å². The molecule has 3 nitrogen and oxygen atoms in total. The molecule has 2 N–H and O–H groups in total. The van der Waals surface area contributed by atoms with Gasteiger partial charge in [0, 0.05) is 18.7 Å². The molecular formula is C13H13FN2O. The highest BCUT2D eigenvalue weighted by Gasteiger charge is 2.22. The lowest BCUT2D eigenvalue weighted by Gasteiger charge is -2.15. The predicted molar refractivity (Wildman–Crippen MR) is 63.9 cm³/mol. The molecule has 1 amide bonds. The third kappa shape index (κ3) is 2.45. The zero-order valence-electron chi connectivity index (χ0n) is 9.37. The molecule has 2 rings (SSSR count). The first-order chi connectivity index (χ1) is 8.22. The van der Waals surface area contributed by atoms with Crippen LogP contribution in [0.5, 0.6) is 0 Å². The van der Waals surface area contributed by atoms with Crippen molar-refractivity contribution in [2.75, 3.05) is 18.0 Å². The number of nitrogens with zero attached hydrogens (tertiary/aromatic N) is 1. The topological polar surface area (TPSA) is 46.3 Å². The maximum atomic E-state index is 13.7. The van der Waals surface area contributed by atoms with Crippen LogP contribution in [0.25, 0.3) is 0 Å². The molecule has 0 atom stereocenters. The van der Waals surface area contributed by atoms with Crippen molar-refractivity contribution in [3.8, 4) is 11.8 Å². The summed E-state index contributed by atoms with van der Waals surface area (Å²) in [4.78, 5) is 13.1. The molecule has 1 saturated heterocycles. The van der Waals surface area contributed by atoms with E-state index in [9.17, 15) is 9.18 Å². The van der Waals surface area contributed by atoms with Gasteiger partial charge in [0.25, 0.3) is 0 Å². The lowest BCUT2D eigenvalue weighted by Crippen LogP contribution is -2.23. The van der Waals surface area contributed by atoms with Gasteiger partial charge in [0.2, 0.25) is 5.91 Å². The summed E-state index contributed by atoms with van der Waals surface area (Å²) in [7, 11) is 0. The summed E-state index contributed by atoms with van der Waals surface area (Å²) in [6.07, 6.45) is 1.37. The summed E-state index contributed by atoms with van der Waals surface area (Å²) in [5.41, 5.74) is 6.14. The second-order valence-corrected chi connectivity index (χ2v) is 3.82. The van der Waals surface area contributed by atoms with Gasteiger partial charge in [0.05, 0.1) is 12.1 Å². The molecule has 1 aromatic rings. The van der Waals surface area contributed by atoms with Crippen LogP contribution >= 0.6 is 0 Å².